The number of hydrogen-bond acceptors (Lipinski definition) is 3. The third kappa shape index (κ3) is 26.7. The zero-order valence-corrected chi connectivity index (χ0v) is 24.3. The number of unbranched alkanes of at least 4 members (excludes halogenated alkanes) is 22. The van der Waals surface area contributed by atoms with Gasteiger partial charge in [0.25, 0.3) is 0 Å². The molecule has 2 N–H and O–H groups in total. The first-order chi connectivity index (χ1) is 17.3. The summed E-state index contributed by atoms with van der Waals surface area (Å²) in [5.74, 6) is 0. The lowest BCUT2D eigenvalue weighted by atomic mass is 10.0. The van der Waals surface area contributed by atoms with Crippen LogP contribution in [-0.4, -0.2) is 35.6 Å². The first-order valence-electron chi connectivity index (χ1n) is 16.2. The predicted molar refractivity (Wildman–Crippen MR) is 154 cm³/mol. The van der Waals surface area contributed by atoms with Gasteiger partial charge in [0, 0.05) is 0 Å². The van der Waals surface area contributed by atoms with Crippen LogP contribution in [0.4, 0.5) is 0 Å². The van der Waals surface area contributed by atoms with E-state index >= 15 is 0 Å². The average Bonchev–Trinajstić information content (AvgIpc) is 2.88. The normalized spacial score (nSPS) is 13.4. The number of aliphatic hydroxyl groups excluding tert-OH is 2. The van der Waals surface area contributed by atoms with Crippen molar-refractivity contribution in [3.05, 3.63) is 0 Å². The Kier molecular flexibility index (Phi) is 30.0. The van der Waals surface area contributed by atoms with Gasteiger partial charge in [-0.1, -0.05) is 168 Å². The predicted octanol–water partition coefficient (Wildman–Crippen LogP) is 9.91. The van der Waals surface area contributed by atoms with E-state index in [0.717, 1.165) is 25.7 Å². The van der Waals surface area contributed by atoms with Gasteiger partial charge in [-0.05, 0) is 12.8 Å². The molecule has 35 heavy (non-hydrogen) atoms. The maximum absolute atomic E-state index is 9.71. The second kappa shape index (κ2) is 30.1. The minimum absolute atomic E-state index is 0.0764. The molecule has 0 aliphatic rings. The van der Waals surface area contributed by atoms with Crippen LogP contribution in [0.25, 0.3) is 0 Å². The van der Waals surface area contributed by atoms with Crippen molar-refractivity contribution >= 4 is 0 Å². The van der Waals surface area contributed by atoms with Crippen molar-refractivity contribution in [2.75, 3.05) is 13.2 Å². The molecular formula is C32H66O3. The van der Waals surface area contributed by atoms with E-state index in [0.29, 0.717) is 0 Å². The summed E-state index contributed by atoms with van der Waals surface area (Å²) in [6.07, 6.45) is 34.0. The second-order valence-electron chi connectivity index (χ2n) is 11.1. The van der Waals surface area contributed by atoms with Crippen LogP contribution < -0.4 is 0 Å². The van der Waals surface area contributed by atoms with E-state index in [1.807, 2.05) is 0 Å². The molecule has 0 saturated heterocycles. The van der Waals surface area contributed by atoms with E-state index in [1.54, 1.807) is 0 Å². The SMILES string of the molecule is CCCCCCCCCCCCCCC(CO)OC(CO)CCCCCCCCCCCCCC. The second-order valence-corrected chi connectivity index (χ2v) is 11.1. The Morgan fingerprint density at radius 1 is 0.371 bits per heavy atom. The lowest BCUT2D eigenvalue weighted by Gasteiger charge is -2.22. The van der Waals surface area contributed by atoms with Crippen molar-refractivity contribution in [2.45, 2.75) is 193 Å². The zero-order valence-electron chi connectivity index (χ0n) is 24.3. The number of ether oxygens (including phenoxy) is 1. The lowest BCUT2D eigenvalue weighted by molar-refractivity contribution is -0.0676. The van der Waals surface area contributed by atoms with Gasteiger partial charge < -0.3 is 14.9 Å². The standard InChI is InChI=1S/C32H66O3/c1-3-5-7-9-11-13-15-17-19-21-23-25-27-31(29-33)35-32(30-34)28-26-24-22-20-18-16-14-12-10-8-6-4-2/h31-34H,3-30H2,1-2H3. The highest BCUT2D eigenvalue weighted by molar-refractivity contribution is 4.64. The fourth-order valence-corrected chi connectivity index (χ4v) is 5.10. The first-order valence-corrected chi connectivity index (χ1v) is 16.2. The molecule has 0 bridgehead atoms. The van der Waals surface area contributed by atoms with Crippen molar-refractivity contribution in [3.63, 3.8) is 0 Å². The van der Waals surface area contributed by atoms with Crippen molar-refractivity contribution in [1.82, 2.24) is 0 Å². The van der Waals surface area contributed by atoms with Crippen LogP contribution in [0.2, 0.25) is 0 Å². The lowest BCUT2D eigenvalue weighted by Crippen LogP contribution is -2.28. The Bertz CT molecular complexity index is 340. The van der Waals surface area contributed by atoms with Crippen LogP contribution in [0.1, 0.15) is 181 Å². The molecule has 0 radical (unpaired) electrons. The number of rotatable bonds is 30. The summed E-state index contributed by atoms with van der Waals surface area (Å²) >= 11 is 0. The summed E-state index contributed by atoms with van der Waals surface area (Å²) in [4.78, 5) is 0. The van der Waals surface area contributed by atoms with Crippen LogP contribution in [0.3, 0.4) is 0 Å². The Balaban J connectivity index is 3.55. The molecule has 2 unspecified atom stereocenters. The smallest absolute Gasteiger partial charge is 0.0810 e. The van der Waals surface area contributed by atoms with Gasteiger partial charge in [0.1, 0.15) is 0 Å². The molecule has 3 heteroatoms. The van der Waals surface area contributed by atoms with Crippen molar-refractivity contribution < 1.29 is 14.9 Å². The largest absolute Gasteiger partial charge is 0.394 e. The Labute approximate surface area is 221 Å². The topological polar surface area (TPSA) is 49.7 Å². The summed E-state index contributed by atoms with van der Waals surface area (Å²) in [6, 6.07) is 0. The maximum atomic E-state index is 9.71. The summed E-state index contributed by atoms with van der Waals surface area (Å²) in [5.41, 5.74) is 0. The molecule has 0 amide bonds. The molecule has 0 aliphatic heterocycles. The van der Waals surface area contributed by atoms with E-state index in [1.165, 1.54) is 141 Å². The molecule has 0 aromatic carbocycles. The van der Waals surface area contributed by atoms with Crippen LogP contribution >= 0.6 is 0 Å². The summed E-state index contributed by atoms with van der Waals surface area (Å²) < 4.78 is 6.05. The van der Waals surface area contributed by atoms with Crippen LogP contribution in [-0.2, 0) is 4.74 Å². The number of aliphatic hydroxyl groups is 2. The summed E-state index contributed by atoms with van der Waals surface area (Å²) in [6.45, 7) is 4.71. The first kappa shape index (κ1) is 34.9. The van der Waals surface area contributed by atoms with E-state index in [2.05, 4.69) is 13.8 Å². The van der Waals surface area contributed by atoms with Gasteiger partial charge in [0.15, 0.2) is 0 Å². The van der Waals surface area contributed by atoms with Crippen LogP contribution in [0.5, 0.6) is 0 Å². The average molecular weight is 499 g/mol. The van der Waals surface area contributed by atoms with E-state index in [4.69, 9.17) is 4.74 Å². The maximum Gasteiger partial charge on any atom is 0.0810 e. The molecule has 212 valence electrons. The fraction of sp³-hybridized carbons (Fsp3) is 1.00. The molecule has 3 nitrogen and oxygen atoms in total. The van der Waals surface area contributed by atoms with Gasteiger partial charge in [0.2, 0.25) is 0 Å². The minimum atomic E-state index is -0.104. The van der Waals surface area contributed by atoms with Gasteiger partial charge in [-0.15, -0.1) is 0 Å². The molecule has 0 spiro atoms. The monoisotopic (exact) mass is 499 g/mol. The molecule has 0 aliphatic carbocycles. The molecule has 0 saturated carbocycles. The highest BCUT2D eigenvalue weighted by atomic mass is 16.5. The fourth-order valence-electron chi connectivity index (χ4n) is 5.10. The van der Waals surface area contributed by atoms with E-state index in [-0.39, 0.29) is 25.4 Å². The summed E-state index contributed by atoms with van der Waals surface area (Å²) in [7, 11) is 0. The highest BCUT2D eigenvalue weighted by Crippen LogP contribution is 2.17. The van der Waals surface area contributed by atoms with Gasteiger partial charge in [0.05, 0.1) is 25.4 Å². The molecule has 0 aromatic rings. The van der Waals surface area contributed by atoms with Gasteiger partial charge in [-0.3, -0.25) is 0 Å². The summed E-state index contributed by atoms with van der Waals surface area (Å²) in [5, 5.41) is 19.4. The Morgan fingerprint density at radius 2 is 0.600 bits per heavy atom. The minimum Gasteiger partial charge on any atom is -0.394 e. The van der Waals surface area contributed by atoms with Crippen molar-refractivity contribution in [2.24, 2.45) is 0 Å². The third-order valence-corrected chi connectivity index (χ3v) is 7.55. The van der Waals surface area contributed by atoms with Crippen LogP contribution in [0, 0.1) is 0 Å². The quantitative estimate of drug-likeness (QED) is 0.0968. The molecule has 2 atom stereocenters. The molecule has 0 fully saturated rings. The Morgan fingerprint density at radius 3 is 0.829 bits per heavy atom. The Hall–Kier alpha value is -0.120. The number of hydrogen-bond donors (Lipinski definition) is 2. The zero-order chi connectivity index (χ0) is 25.7. The third-order valence-electron chi connectivity index (χ3n) is 7.55. The van der Waals surface area contributed by atoms with Crippen LogP contribution in [0.15, 0.2) is 0 Å². The molecule has 0 aromatic heterocycles. The van der Waals surface area contributed by atoms with Crippen molar-refractivity contribution in [3.8, 4) is 0 Å². The van der Waals surface area contributed by atoms with Gasteiger partial charge in [-0.25, -0.2) is 0 Å². The van der Waals surface area contributed by atoms with Gasteiger partial charge >= 0.3 is 0 Å². The van der Waals surface area contributed by atoms with E-state index in [9.17, 15) is 10.2 Å². The highest BCUT2D eigenvalue weighted by Gasteiger charge is 2.15. The molecule has 0 heterocycles. The van der Waals surface area contributed by atoms with Gasteiger partial charge in [-0.2, -0.15) is 0 Å². The molecule has 0 rings (SSSR count). The molecular weight excluding hydrogens is 432 g/mol. The van der Waals surface area contributed by atoms with E-state index < -0.39 is 0 Å². The van der Waals surface area contributed by atoms with Crippen molar-refractivity contribution in [1.29, 1.82) is 0 Å².